The van der Waals surface area contributed by atoms with E-state index in [1.807, 2.05) is 0 Å². The topological polar surface area (TPSA) is 52.0 Å². The van der Waals surface area contributed by atoms with E-state index in [0.717, 1.165) is 19.6 Å². The fourth-order valence-corrected chi connectivity index (χ4v) is 1.13. The van der Waals surface area contributed by atoms with Gasteiger partial charge in [0.2, 0.25) is 0 Å². The molecular formula is C8H18N4. The first-order chi connectivity index (χ1) is 5.70. The molecule has 4 nitrogen and oxygen atoms in total. The lowest BCUT2D eigenvalue weighted by Gasteiger charge is -2.21. The highest BCUT2D eigenvalue weighted by atomic mass is 15.2. The summed E-state index contributed by atoms with van der Waals surface area (Å²) in [5.41, 5.74) is 8.07. The molecule has 4 heteroatoms. The normalized spacial score (nSPS) is 10.4. The maximum Gasteiger partial charge on any atom is 0.0385 e. The van der Waals surface area contributed by atoms with Crippen LogP contribution in [0.4, 0.5) is 0 Å². The van der Waals surface area contributed by atoms with Gasteiger partial charge in [-0.1, -0.05) is 25.9 Å². The lowest BCUT2D eigenvalue weighted by atomic mass is 10.2. The minimum atomic E-state index is 0.580. The first-order valence-electron chi connectivity index (χ1n) is 4.43. The van der Waals surface area contributed by atoms with Gasteiger partial charge in [0.05, 0.1) is 0 Å². The van der Waals surface area contributed by atoms with Gasteiger partial charge in [-0.25, -0.2) is 0 Å². The molecule has 0 rings (SSSR count). The monoisotopic (exact) mass is 170 g/mol. The van der Waals surface area contributed by atoms with Crippen LogP contribution in [0.2, 0.25) is 0 Å². The van der Waals surface area contributed by atoms with E-state index in [4.69, 9.17) is 5.53 Å². The van der Waals surface area contributed by atoms with Crippen LogP contribution in [0, 0.1) is 5.92 Å². The summed E-state index contributed by atoms with van der Waals surface area (Å²) in [5, 5.41) is 3.51. The standard InChI is InChI=1S/C8H18N4/c1-4-12(7-8(2)3)6-5-10-11-9/h8H,4-7H2,1-3H3. The fraction of sp³-hybridized carbons (Fsp3) is 1.00. The van der Waals surface area contributed by atoms with E-state index in [1.165, 1.54) is 0 Å². The Balaban J connectivity index is 3.59. The Morgan fingerprint density at radius 3 is 2.58 bits per heavy atom. The highest BCUT2D eigenvalue weighted by Crippen LogP contribution is 1.97. The van der Waals surface area contributed by atoms with Gasteiger partial charge < -0.3 is 4.90 Å². The summed E-state index contributed by atoms with van der Waals surface area (Å²) in [5.74, 6) is 0.677. The molecular weight excluding hydrogens is 152 g/mol. The van der Waals surface area contributed by atoms with Crippen molar-refractivity contribution in [3.63, 3.8) is 0 Å². The minimum absolute atomic E-state index is 0.580. The molecule has 70 valence electrons. The summed E-state index contributed by atoms with van der Waals surface area (Å²) in [6, 6.07) is 0. The molecule has 0 saturated carbocycles. The molecule has 0 aromatic carbocycles. The molecule has 0 bridgehead atoms. The van der Waals surface area contributed by atoms with Crippen LogP contribution in [0.15, 0.2) is 5.11 Å². The van der Waals surface area contributed by atoms with Gasteiger partial charge in [-0.3, -0.25) is 0 Å². The highest BCUT2D eigenvalue weighted by molar-refractivity contribution is 4.59. The van der Waals surface area contributed by atoms with E-state index in [-0.39, 0.29) is 0 Å². The predicted molar refractivity (Wildman–Crippen MR) is 51.0 cm³/mol. The maximum atomic E-state index is 8.07. The molecule has 0 heterocycles. The lowest BCUT2D eigenvalue weighted by Crippen LogP contribution is -2.29. The molecule has 0 aliphatic heterocycles. The molecule has 0 fully saturated rings. The predicted octanol–water partition coefficient (Wildman–Crippen LogP) is 2.27. The Morgan fingerprint density at radius 1 is 1.50 bits per heavy atom. The van der Waals surface area contributed by atoms with Crippen LogP contribution < -0.4 is 0 Å². The van der Waals surface area contributed by atoms with Crippen LogP contribution in [0.1, 0.15) is 20.8 Å². The number of hydrogen-bond donors (Lipinski definition) is 0. The number of likely N-dealkylation sites (N-methyl/N-ethyl adjacent to an activating group) is 1. The number of hydrogen-bond acceptors (Lipinski definition) is 2. The second-order valence-electron chi connectivity index (χ2n) is 3.24. The summed E-state index contributed by atoms with van der Waals surface area (Å²) in [6.45, 7) is 10.1. The number of nitrogens with zero attached hydrogens (tertiary/aromatic N) is 4. The molecule has 0 unspecified atom stereocenters. The van der Waals surface area contributed by atoms with Gasteiger partial charge in [-0.15, -0.1) is 0 Å². The van der Waals surface area contributed by atoms with Crippen molar-refractivity contribution in [2.75, 3.05) is 26.2 Å². The molecule has 0 saturated heterocycles. The van der Waals surface area contributed by atoms with Crippen LogP contribution in [-0.2, 0) is 0 Å². The van der Waals surface area contributed by atoms with Crippen molar-refractivity contribution >= 4 is 0 Å². The molecule has 0 atom stereocenters. The summed E-state index contributed by atoms with van der Waals surface area (Å²) >= 11 is 0. The van der Waals surface area contributed by atoms with Crippen LogP contribution in [0.3, 0.4) is 0 Å². The van der Waals surface area contributed by atoms with Crippen molar-refractivity contribution in [1.82, 2.24) is 4.90 Å². The molecule has 0 amide bonds. The van der Waals surface area contributed by atoms with Gasteiger partial charge in [-0.05, 0) is 18.0 Å². The summed E-state index contributed by atoms with van der Waals surface area (Å²) in [4.78, 5) is 5.01. The first kappa shape index (κ1) is 11.3. The van der Waals surface area contributed by atoms with Crippen molar-refractivity contribution < 1.29 is 0 Å². The molecule has 0 radical (unpaired) electrons. The largest absolute Gasteiger partial charge is 0.303 e. The van der Waals surface area contributed by atoms with Crippen LogP contribution in [0.5, 0.6) is 0 Å². The molecule has 0 aliphatic carbocycles. The zero-order valence-corrected chi connectivity index (χ0v) is 8.19. The third kappa shape index (κ3) is 6.01. The Kier molecular flexibility index (Phi) is 6.53. The van der Waals surface area contributed by atoms with E-state index < -0.39 is 0 Å². The fourth-order valence-electron chi connectivity index (χ4n) is 1.13. The Hall–Kier alpha value is -0.730. The third-order valence-electron chi connectivity index (χ3n) is 1.65. The van der Waals surface area contributed by atoms with Gasteiger partial charge in [0.25, 0.3) is 0 Å². The molecule has 12 heavy (non-hydrogen) atoms. The van der Waals surface area contributed by atoms with E-state index >= 15 is 0 Å². The molecule has 0 aliphatic rings. The number of rotatable bonds is 6. The van der Waals surface area contributed by atoms with Crippen molar-refractivity contribution in [1.29, 1.82) is 0 Å². The van der Waals surface area contributed by atoms with Gasteiger partial charge in [0.1, 0.15) is 0 Å². The Morgan fingerprint density at radius 2 is 2.17 bits per heavy atom. The van der Waals surface area contributed by atoms with Crippen LogP contribution in [0.25, 0.3) is 10.4 Å². The minimum Gasteiger partial charge on any atom is -0.303 e. The summed E-state index contributed by atoms with van der Waals surface area (Å²) < 4.78 is 0. The van der Waals surface area contributed by atoms with Crippen LogP contribution in [-0.4, -0.2) is 31.1 Å². The molecule has 0 N–H and O–H groups in total. The second kappa shape index (κ2) is 6.95. The van der Waals surface area contributed by atoms with Crippen molar-refractivity contribution in [3.05, 3.63) is 10.4 Å². The smallest absolute Gasteiger partial charge is 0.0385 e. The number of azide groups is 1. The van der Waals surface area contributed by atoms with E-state index in [1.54, 1.807) is 0 Å². The average Bonchev–Trinajstić information content (AvgIpc) is 2.02. The Labute approximate surface area is 74.2 Å². The van der Waals surface area contributed by atoms with Crippen molar-refractivity contribution in [3.8, 4) is 0 Å². The molecule has 0 aromatic rings. The summed E-state index contributed by atoms with van der Waals surface area (Å²) in [6.07, 6.45) is 0. The second-order valence-corrected chi connectivity index (χ2v) is 3.24. The molecule has 0 aromatic heterocycles. The average molecular weight is 170 g/mol. The highest BCUT2D eigenvalue weighted by Gasteiger charge is 2.02. The molecule has 0 spiro atoms. The van der Waals surface area contributed by atoms with E-state index in [0.29, 0.717) is 12.5 Å². The lowest BCUT2D eigenvalue weighted by molar-refractivity contribution is 0.263. The third-order valence-corrected chi connectivity index (χ3v) is 1.65. The first-order valence-corrected chi connectivity index (χ1v) is 4.43. The van der Waals surface area contributed by atoms with Crippen molar-refractivity contribution in [2.45, 2.75) is 20.8 Å². The maximum absolute atomic E-state index is 8.07. The van der Waals surface area contributed by atoms with Gasteiger partial charge in [-0.2, -0.15) is 0 Å². The van der Waals surface area contributed by atoms with E-state index in [2.05, 4.69) is 35.7 Å². The van der Waals surface area contributed by atoms with E-state index in [9.17, 15) is 0 Å². The Bertz CT molecular complexity index is 149. The van der Waals surface area contributed by atoms with Gasteiger partial charge in [0, 0.05) is 24.5 Å². The quantitative estimate of drug-likeness (QED) is 0.343. The zero-order valence-electron chi connectivity index (χ0n) is 8.19. The van der Waals surface area contributed by atoms with Crippen molar-refractivity contribution in [2.24, 2.45) is 11.0 Å². The summed E-state index contributed by atoms with van der Waals surface area (Å²) in [7, 11) is 0. The SMILES string of the molecule is CCN(CCN=[N+]=[N-])CC(C)C. The van der Waals surface area contributed by atoms with Gasteiger partial charge in [0.15, 0.2) is 0 Å². The van der Waals surface area contributed by atoms with Gasteiger partial charge >= 0.3 is 0 Å². The zero-order chi connectivity index (χ0) is 9.40. The van der Waals surface area contributed by atoms with Crippen LogP contribution >= 0.6 is 0 Å².